The summed E-state index contributed by atoms with van der Waals surface area (Å²) in [6.07, 6.45) is 1.36. The highest BCUT2D eigenvalue weighted by Gasteiger charge is 2.13. The molecule has 0 atom stereocenters. The Morgan fingerprint density at radius 2 is 2.15 bits per heavy atom. The van der Waals surface area contributed by atoms with Crippen molar-refractivity contribution in [1.29, 1.82) is 0 Å². The highest BCUT2D eigenvalue weighted by molar-refractivity contribution is 9.10. The number of nitrogens with zero attached hydrogens (tertiary/aromatic N) is 2. The molecule has 0 saturated carbocycles. The van der Waals surface area contributed by atoms with Gasteiger partial charge < -0.3 is 10.4 Å². The molecule has 0 aliphatic rings. The molecule has 2 N–H and O–H groups in total. The van der Waals surface area contributed by atoms with E-state index in [-0.39, 0.29) is 17.9 Å². The van der Waals surface area contributed by atoms with Crippen LogP contribution in [0.5, 0.6) is 0 Å². The van der Waals surface area contributed by atoms with Crippen molar-refractivity contribution in [3.8, 4) is 0 Å². The third-order valence-corrected chi connectivity index (χ3v) is 2.84. The zero-order valence-corrected chi connectivity index (χ0v) is 11.6. The van der Waals surface area contributed by atoms with Crippen molar-refractivity contribution in [1.82, 2.24) is 9.78 Å². The number of carbonyl (C=O) groups excluding carboxylic acids is 1. The summed E-state index contributed by atoms with van der Waals surface area (Å²) in [5.74, 6) is -2.27. The minimum atomic E-state index is -1.07. The lowest BCUT2D eigenvalue weighted by atomic mass is 10.3. The average molecular weight is 342 g/mol. The van der Waals surface area contributed by atoms with E-state index in [2.05, 4.69) is 26.3 Å². The van der Waals surface area contributed by atoms with Crippen molar-refractivity contribution < 1.29 is 19.1 Å². The molecule has 0 spiro atoms. The first-order chi connectivity index (χ1) is 9.45. The Hall–Kier alpha value is -2.22. The summed E-state index contributed by atoms with van der Waals surface area (Å²) in [6.45, 7) is -0.347. The largest absolute Gasteiger partial charge is 0.480 e. The van der Waals surface area contributed by atoms with Crippen molar-refractivity contribution >= 4 is 33.5 Å². The fourth-order valence-electron chi connectivity index (χ4n) is 1.49. The molecular weight excluding hydrogens is 333 g/mol. The van der Waals surface area contributed by atoms with Crippen LogP contribution in [-0.2, 0) is 11.3 Å². The summed E-state index contributed by atoms with van der Waals surface area (Å²) >= 11 is 3.11. The molecule has 6 nitrogen and oxygen atoms in total. The number of halogens is 2. The van der Waals surface area contributed by atoms with Gasteiger partial charge in [0.05, 0.1) is 5.69 Å². The van der Waals surface area contributed by atoms with E-state index in [9.17, 15) is 14.0 Å². The van der Waals surface area contributed by atoms with Crippen LogP contribution in [0.25, 0.3) is 0 Å². The van der Waals surface area contributed by atoms with Gasteiger partial charge >= 0.3 is 5.97 Å². The summed E-state index contributed by atoms with van der Waals surface area (Å²) in [7, 11) is 0. The van der Waals surface area contributed by atoms with Gasteiger partial charge in [0.1, 0.15) is 12.4 Å². The molecule has 0 radical (unpaired) electrons. The minimum Gasteiger partial charge on any atom is -0.480 e. The normalized spacial score (nSPS) is 10.3. The maximum absolute atomic E-state index is 13.6. The number of benzene rings is 1. The number of anilines is 1. The molecule has 0 aliphatic heterocycles. The summed E-state index contributed by atoms with van der Waals surface area (Å²) in [5.41, 5.74) is 0.0274. The van der Waals surface area contributed by atoms with E-state index in [1.54, 1.807) is 6.07 Å². The topological polar surface area (TPSA) is 84.2 Å². The van der Waals surface area contributed by atoms with Crippen LogP contribution >= 0.6 is 15.9 Å². The first-order valence-corrected chi connectivity index (χ1v) is 6.26. The summed E-state index contributed by atoms with van der Waals surface area (Å²) < 4.78 is 15.2. The van der Waals surface area contributed by atoms with Crippen molar-refractivity contribution in [2.75, 3.05) is 5.32 Å². The lowest BCUT2D eigenvalue weighted by Gasteiger charge is -2.04. The number of hydrogen-bond donors (Lipinski definition) is 2. The van der Waals surface area contributed by atoms with Crippen LogP contribution in [0, 0.1) is 5.82 Å². The molecular formula is C12H9BrFN3O3. The molecule has 1 amide bonds. The fourth-order valence-corrected chi connectivity index (χ4v) is 1.82. The van der Waals surface area contributed by atoms with Gasteiger partial charge in [-0.3, -0.25) is 14.3 Å². The Kier molecular flexibility index (Phi) is 4.14. The van der Waals surface area contributed by atoms with E-state index >= 15 is 0 Å². The minimum absolute atomic E-state index is 0.00793. The zero-order valence-electron chi connectivity index (χ0n) is 10.0. The Morgan fingerprint density at radius 3 is 2.80 bits per heavy atom. The predicted molar refractivity (Wildman–Crippen MR) is 71.9 cm³/mol. The number of carboxylic acids is 1. The van der Waals surface area contributed by atoms with Gasteiger partial charge in [-0.1, -0.05) is 15.9 Å². The highest BCUT2D eigenvalue weighted by atomic mass is 79.9. The lowest BCUT2D eigenvalue weighted by molar-refractivity contribution is -0.137. The second-order valence-electron chi connectivity index (χ2n) is 3.87. The third kappa shape index (κ3) is 3.41. The molecule has 1 aromatic carbocycles. The van der Waals surface area contributed by atoms with Crippen LogP contribution in [0.4, 0.5) is 10.1 Å². The number of rotatable bonds is 4. The molecule has 2 rings (SSSR count). The zero-order chi connectivity index (χ0) is 14.7. The first-order valence-electron chi connectivity index (χ1n) is 5.47. The van der Waals surface area contributed by atoms with Crippen molar-refractivity contribution in [2.45, 2.75) is 6.54 Å². The molecule has 104 valence electrons. The van der Waals surface area contributed by atoms with E-state index < -0.39 is 17.7 Å². The molecule has 1 aromatic heterocycles. The fraction of sp³-hybridized carbons (Fsp3) is 0.0833. The van der Waals surface area contributed by atoms with Crippen molar-refractivity contribution in [3.63, 3.8) is 0 Å². The van der Waals surface area contributed by atoms with E-state index in [0.717, 1.165) is 4.68 Å². The highest BCUT2D eigenvalue weighted by Crippen LogP contribution is 2.19. The van der Waals surface area contributed by atoms with Gasteiger partial charge in [-0.15, -0.1) is 0 Å². The molecule has 0 saturated heterocycles. The van der Waals surface area contributed by atoms with Gasteiger partial charge in [-0.2, -0.15) is 5.10 Å². The summed E-state index contributed by atoms with van der Waals surface area (Å²) in [5, 5.41) is 14.7. The predicted octanol–water partition coefficient (Wildman–Crippen LogP) is 2.12. The van der Waals surface area contributed by atoms with Gasteiger partial charge in [0.25, 0.3) is 5.91 Å². The number of aromatic nitrogens is 2. The number of nitrogens with one attached hydrogen (secondary N) is 1. The van der Waals surface area contributed by atoms with Crippen LogP contribution in [0.2, 0.25) is 0 Å². The Bertz CT molecular complexity index is 672. The first kappa shape index (κ1) is 14.2. The summed E-state index contributed by atoms with van der Waals surface area (Å²) in [6, 6.07) is 5.57. The number of hydrogen-bond acceptors (Lipinski definition) is 3. The molecule has 20 heavy (non-hydrogen) atoms. The van der Waals surface area contributed by atoms with Gasteiger partial charge in [-0.25, -0.2) is 4.39 Å². The van der Waals surface area contributed by atoms with Gasteiger partial charge in [0.15, 0.2) is 5.69 Å². The van der Waals surface area contributed by atoms with E-state index in [4.69, 9.17) is 5.11 Å². The SMILES string of the molecule is O=C(O)Cn1ccc(C(=O)Nc2ccc(Br)cc2F)n1. The standard InChI is InChI=1S/C12H9BrFN3O3/c13-7-1-2-9(8(14)5-7)15-12(20)10-3-4-17(16-10)6-11(18)19/h1-5H,6H2,(H,15,20)(H,18,19). The maximum atomic E-state index is 13.6. The molecule has 0 fully saturated rings. The van der Waals surface area contributed by atoms with Crippen LogP contribution in [-0.4, -0.2) is 26.8 Å². The molecule has 1 heterocycles. The van der Waals surface area contributed by atoms with Crippen LogP contribution < -0.4 is 5.32 Å². The number of aliphatic carboxylic acids is 1. The molecule has 8 heteroatoms. The molecule has 0 aliphatic carbocycles. The van der Waals surface area contributed by atoms with Gasteiger partial charge in [0.2, 0.25) is 0 Å². The second kappa shape index (κ2) is 5.83. The monoisotopic (exact) mass is 341 g/mol. The summed E-state index contributed by atoms with van der Waals surface area (Å²) in [4.78, 5) is 22.3. The Morgan fingerprint density at radius 1 is 1.40 bits per heavy atom. The Labute approximate surface area is 121 Å². The molecule has 0 bridgehead atoms. The average Bonchev–Trinajstić information content (AvgIpc) is 2.80. The Balaban J connectivity index is 2.11. The van der Waals surface area contributed by atoms with Crippen molar-refractivity contribution in [3.05, 3.63) is 46.4 Å². The van der Waals surface area contributed by atoms with Crippen LogP contribution in [0.1, 0.15) is 10.5 Å². The molecule has 2 aromatic rings. The van der Waals surface area contributed by atoms with E-state index in [1.807, 2.05) is 0 Å². The second-order valence-corrected chi connectivity index (χ2v) is 4.79. The smallest absolute Gasteiger partial charge is 0.325 e. The third-order valence-electron chi connectivity index (χ3n) is 2.35. The number of carboxylic acid groups (broad SMARTS) is 1. The van der Waals surface area contributed by atoms with Crippen LogP contribution in [0.3, 0.4) is 0 Å². The van der Waals surface area contributed by atoms with Gasteiger partial charge in [-0.05, 0) is 24.3 Å². The quantitative estimate of drug-likeness (QED) is 0.892. The van der Waals surface area contributed by atoms with E-state index in [0.29, 0.717) is 4.47 Å². The van der Waals surface area contributed by atoms with E-state index in [1.165, 1.54) is 24.4 Å². The van der Waals surface area contributed by atoms with Crippen molar-refractivity contribution in [2.24, 2.45) is 0 Å². The maximum Gasteiger partial charge on any atom is 0.325 e. The number of carbonyl (C=O) groups is 2. The lowest BCUT2D eigenvalue weighted by Crippen LogP contribution is -2.15. The van der Waals surface area contributed by atoms with Crippen LogP contribution in [0.15, 0.2) is 34.9 Å². The van der Waals surface area contributed by atoms with Gasteiger partial charge in [0, 0.05) is 10.7 Å². The molecule has 0 unspecified atom stereocenters. The number of amides is 1.